The molecule has 1 N–H and O–H groups in total. The molecule has 2 heterocycles. The van der Waals surface area contributed by atoms with E-state index in [1.807, 2.05) is 43.3 Å². The van der Waals surface area contributed by atoms with Gasteiger partial charge in [0.15, 0.2) is 5.78 Å². The number of carbonyl (C=O) groups excluding carboxylic acids is 2. The van der Waals surface area contributed by atoms with Crippen LogP contribution in [0.15, 0.2) is 48.5 Å². The highest BCUT2D eigenvalue weighted by Gasteiger charge is 2.25. The number of nitrogens with one attached hydrogen (secondary N) is 1. The van der Waals surface area contributed by atoms with Crippen molar-refractivity contribution in [2.24, 2.45) is 7.05 Å². The molecule has 0 saturated carbocycles. The van der Waals surface area contributed by atoms with Gasteiger partial charge >= 0.3 is 0 Å². The normalized spacial score (nSPS) is 14.9. The van der Waals surface area contributed by atoms with Crippen LogP contribution in [0, 0.1) is 6.92 Å². The summed E-state index contributed by atoms with van der Waals surface area (Å²) in [5.41, 5.74) is 5.04. The van der Waals surface area contributed by atoms with E-state index < -0.39 is 0 Å². The van der Waals surface area contributed by atoms with Crippen LogP contribution in [-0.2, 0) is 13.5 Å². The third-order valence-corrected chi connectivity index (χ3v) is 5.14. The maximum absolute atomic E-state index is 12.4. The Kier molecular flexibility index (Phi) is 4.92. The number of ketones is 1. The van der Waals surface area contributed by atoms with Gasteiger partial charge in [-0.05, 0) is 48.7 Å². The number of Topliss-reactive ketones (excluding diaryl/α,β-unsaturated/α-hetero) is 1. The molecular weight excluding hydrogens is 366 g/mol. The Morgan fingerprint density at radius 1 is 1.21 bits per heavy atom. The van der Waals surface area contributed by atoms with Crippen LogP contribution in [0.25, 0.3) is 11.1 Å². The summed E-state index contributed by atoms with van der Waals surface area (Å²) in [6.07, 6.45) is 0.581. The highest BCUT2D eigenvalue weighted by Crippen LogP contribution is 2.34. The summed E-state index contributed by atoms with van der Waals surface area (Å²) in [5, 5.41) is 7.13. The van der Waals surface area contributed by atoms with Gasteiger partial charge < -0.3 is 10.1 Å². The number of aryl methyl sites for hydroxylation is 2. The zero-order chi connectivity index (χ0) is 20.5. The predicted molar refractivity (Wildman–Crippen MR) is 110 cm³/mol. The molecule has 1 unspecified atom stereocenters. The molecule has 1 atom stereocenters. The molecule has 0 spiro atoms. The minimum atomic E-state index is -0.163. The molecule has 0 saturated heterocycles. The fourth-order valence-electron chi connectivity index (χ4n) is 3.76. The molecule has 0 bridgehead atoms. The first kappa shape index (κ1) is 18.9. The summed E-state index contributed by atoms with van der Waals surface area (Å²) in [4.78, 5) is 24.3. The lowest BCUT2D eigenvalue weighted by molar-refractivity contribution is 0.0923. The van der Waals surface area contributed by atoms with Crippen LogP contribution in [0.5, 0.6) is 5.75 Å². The van der Waals surface area contributed by atoms with Gasteiger partial charge in [-0.2, -0.15) is 5.10 Å². The van der Waals surface area contributed by atoms with Crippen molar-refractivity contribution in [2.75, 3.05) is 6.54 Å². The molecule has 1 aliphatic heterocycles. The van der Waals surface area contributed by atoms with Crippen LogP contribution >= 0.6 is 0 Å². The lowest BCUT2D eigenvalue weighted by Crippen LogP contribution is -2.35. The monoisotopic (exact) mass is 389 g/mol. The SMILES string of the molecule is CC(=O)c1ccccc1-c1ccc2c(c1)CC(CNC(=O)c1cc(C)nn1C)O2. The van der Waals surface area contributed by atoms with Crippen molar-refractivity contribution in [3.63, 3.8) is 0 Å². The van der Waals surface area contributed by atoms with E-state index in [0.717, 1.165) is 28.1 Å². The first-order valence-corrected chi connectivity index (χ1v) is 9.61. The van der Waals surface area contributed by atoms with E-state index in [2.05, 4.69) is 16.5 Å². The van der Waals surface area contributed by atoms with E-state index in [9.17, 15) is 9.59 Å². The average Bonchev–Trinajstić information content (AvgIpc) is 3.27. The van der Waals surface area contributed by atoms with Gasteiger partial charge in [0.1, 0.15) is 17.5 Å². The van der Waals surface area contributed by atoms with Gasteiger partial charge in [-0.25, -0.2) is 0 Å². The van der Waals surface area contributed by atoms with Gasteiger partial charge in [-0.1, -0.05) is 30.3 Å². The minimum Gasteiger partial charge on any atom is -0.488 e. The van der Waals surface area contributed by atoms with E-state index >= 15 is 0 Å². The highest BCUT2D eigenvalue weighted by atomic mass is 16.5. The van der Waals surface area contributed by atoms with Crippen LogP contribution in [0.3, 0.4) is 0 Å². The topological polar surface area (TPSA) is 73.2 Å². The molecule has 0 aliphatic carbocycles. The highest BCUT2D eigenvalue weighted by molar-refractivity contribution is 6.00. The summed E-state index contributed by atoms with van der Waals surface area (Å²) in [6.45, 7) is 3.85. The molecular formula is C23H23N3O3. The zero-order valence-corrected chi connectivity index (χ0v) is 16.7. The lowest BCUT2D eigenvalue weighted by atomic mass is 9.95. The van der Waals surface area contributed by atoms with Crippen molar-refractivity contribution < 1.29 is 14.3 Å². The molecule has 1 aromatic heterocycles. The Labute approximate surface area is 169 Å². The summed E-state index contributed by atoms with van der Waals surface area (Å²) in [7, 11) is 1.75. The van der Waals surface area contributed by atoms with Gasteiger partial charge in [-0.3, -0.25) is 14.3 Å². The molecule has 3 aromatic rings. The third-order valence-electron chi connectivity index (χ3n) is 5.14. The molecule has 4 rings (SSSR count). The molecule has 0 radical (unpaired) electrons. The second-order valence-corrected chi connectivity index (χ2v) is 7.37. The largest absolute Gasteiger partial charge is 0.488 e. The number of nitrogens with zero attached hydrogens (tertiary/aromatic N) is 2. The first-order valence-electron chi connectivity index (χ1n) is 9.61. The molecule has 29 heavy (non-hydrogen) atoms. The van der Waals surface area contributed by atoms with Crippen molar-refractivity contribution in [1.82, 2.24) is 15.1 Å². The Morgan fingerprint density at radius 2 is 2.00 bits per heavy atom. The summed E-state index contributed by atoms with van der Waals surface area (Å²) < 4.78 is 7.57. The number of rotatable bonds is 5. The molecule has 1 amide bonds. The van der Waals surface area contributed by atoms with Crippen LogP contribution in [0.4, 0.5) is 0 Å². The molecule has 0 fully saturated rings. The van der Waals surface area contributed by atoms with Gasteiger partial charge in [0.25, 0.3) is 5.91 Å². The van der Waals surface area contributed by atoms with E-state index in [4.69, 9.17) is 4.74 Å². The molecule has 1 aliphatic rings. The van der Waals surface area contributed by atoms with Gasteiger partial charge in [0.2, 0.25) is 0 Å². The van der Waals surface area contributed by atoms with Gasteiger partial charge in [-0.15, -0.1) is 0 Å². The minimum absolute atomic E-state index is 0.0448. The van der Waals surface area contributed by atoms with Crippen molar-refractivity contribution in [1.29, 1.82) is 0 Å². The van der Waals surface area contributed by atoms with Gasteiger partial charge in [0.05, 0.1) is 12.2 Å². The van der Waals surface area contributed by atoms with Gasteiger partial charge in [0, 0.05) is 19.0 Å². The zero-order valence-electron chi connectivity index (χ0n) is 16.7. The Morgan fingerprint density at radius 3 is 2.72 bits per heavy atom. The number of carbonyl (C=O) groups is 2. The average molecular weight is 389 g/mol. The van der Waals surface area contributed by atoms with Crippen molar-refractivity contribution >= 4 is 11.7 Å². The maximum Gasteiger partial charge on any atom is 0.269 e. The second kappa shape index (κ2) is 7.54. The number of ether oxygens (including phenoxy) is 1. The number of amides is 1. The Bertz CT molecular complexity index is 1100. The van der Waals surface area contributed by atoms with Crippen molar-refractivity contribution in [2.45, 2.75) is 26.4 Å². The summed E-state index contributed by atoms with van der Waals surface area (Å²) in [5.74, 6) is 0.705. The number of aromatic nitrogens is 2. The smallest absolute Gasteiger partial charge is 0.269 e. The van der Waals surface area contributed by atoms with Crippen molar-refractivity contribution in [3.05, 3.63) is 71.0 Å². The van der Waals surface area contributed by atoms with E-state index in [-0.39, 0.29) is 17.8 Å². The Balaban J connectivity index is 1.46. The lowest BCUT2D eigenvalue weighted by Gasteiger charge is -2.12. The number of hydrogen-bond acceptors (Lipinski definition) is 4. The van der Waals surface area contributed by atoms with E-state index in [1.54, 1.807) is 24.7 Å². The van der Waals surface area contributed by atoms with E-state index in [0.29, 0.717) is 24.2 Å². The number of benzene rings is 2. The standard InChI is InChI=1S/C23H23N3O3/c1-14-10-21(26(3)25-14)23(28)24-13-18-12-17-11-16(8-9-22(17)29-18)20-7-5-4-6-19(20)15(2)27/h4-11,18H,12-13H2,1-3H3,(H,24,28). The van der Waals surface area contributed by atoms with Crippen LogP contribution in [0.2, 0.25) is 0 Å². The quantitative estimate of drug-likeness (QED) is 0.680. The Hall–Kier alpha value is -3.41. The summed E-state index contributed by atoms with van der Waals surface area (Å²) in [6, 6.07) is 15.4. The molecule has 148 valence electrons. The van der Waals surface area contributed by atoms with Crippen LogP contribution < -0.4 is 10.1 Å². The maximum atomic E-state index is 12.4. The molecule has 2 aromatic carbocycles. The first-order chi connectivity index (χ1) is 13.9. The number of hydrogen-bond donors (Lipinski definition) is 1. The van der Waals surface area contributed by atoms with E-state index in [1.165, 1.54) is 0 Å². The third kappa shape index (κ3) is 3.78. The molecule has 6 nitrogen and oxygen atoms in total. The predicted octanol–water partition coefficient (Wildman–Crippen LogP) is 3.33. The van der Waals surface area contributed by atoms with Crippen LogP contribution in [-0.4, -0.2) is 34.1 Å². The van der Waals surface area contributed by atoms with Crippen molar-refractivity contribution in [3.8, 4) is 16.9 Å². The molecule has 6 heteroatoms. The summed E-state index contributed by atoms with van der Waals surface area (Å²) >= 11 is 0. The van der Waals surface area contributed by atoms with Crippen LogP contribution in [0.1, 0.15) is 39.0 Å². The fraction of sp³-hybridized carbons (Fsp3) is 0.261. The number of fused-ring (bicyclic) bond motifs is 1. The fourth-order valence-corrected chi connectivity index (χ4v) is 3.76. The second-order valence-electron chi connectivity index (χ2n) is 7.37.